The van der Waals surface area contributed by atoms with Gasteiger partial charge in [0.25, 0.3) is 0 Å². The summed E-state index contributed by atoms with van der Waals surface area (Å²) in [5.41, 5.74) is 1.43. The molecule has 0 heterocycles. The highest BCUT2D eigenvalue weighted by Gasteiger charge is 2.11. The molecule has 2 aromatic carbocycles. The molecule has 2 aromatic rings. The van der Waals surface area contributed by atoms with E-state index < -0.39 is 5.82 Å². The number of hydrogen-bond acceptors (Lipinski definition) is 2. The van der Waals surface area contributed by atoms with Crippen LogP contribution in [0.2, 0.25) is 0 Å². The number of anilines is 1. The van der Waals surface area contributed by atoms with Gasteiger partial charge in [0.2, 0.25) is 5.91 Å². The molecule has 0 bridgehead atoms. The highest BCUT2D eigenvalue weighted by molar-refractivity contribution is 5.92. The standard InChI is InChI=1S/C19H21FN2O/c1-2-13-22(14-12-16-8-4-3-5-9-16)15-19(23)21-18-11-7-6-10-17(18)20/h2-11H,1,12-15H2,(H,21,23). The number of para-hydroxylation sites is 1. The summed E-state index contributed by atoms with van der Waals surface area (Å²) in [6, 6.07) is 16.3. The third kappa shape index (κ3) is 5.68. The van der Waals surface area contributed by atoms with Crippen molar-refractivity contribution in [1.29, 1.82) is 0 Å². The summed E-state index contributed by atoms with van der Waals surface area (Å²) in [6.45, 7) is 5.27. The lowest BCUT2D eigenvalue weighted by atomic mass is 10.1. The van der Waals surface area contributed by atoms with Crippen molar-refractivity contribution < 1.29 is 9.18 Å². The van der Waals surface area contributed by atoms with Gasteiger partial charge in [0.1, 0.15) is 5.82 Å². The van der Waals surface area contributed by atoms with Crippen LogP contribution in [0.3, 0.4) is 0 Å². The molecule has 0 atom stereocenters. The summed E-state index contributed by atoms with van der Waals surface area (Å²) in [5, 5.41) is 2.61. The molecule has 2 rings (SSSR count). The van der Waals surface area contributed by atoms with Crippen molar-refractivity contribution in [2.24, 2.45) is 0 Å². The molecule has 0 aliphatic carbocycles. The number of rotatable bonds is 8. The first-order chi connectivity index (χ1) is 11.2. The summed E-state index contributed by atoms with van der Waals surface area (Å²) in [7, 11) is 0. The third-order valence-electron chi connectivity index (χ3n) is 3.46. The van der Waals surface area contributed by atoms with Crippen LogP contribution in [0.5, 0.6) is 0 Å². The second-order valence-corrected chi connectivity index (χ2v) is 5.29. The lowest BCUT2D eigenvalue weighted by Gasteiger charge is -2.20. The van der Waals surface area contributed by atoms with E-state index in [0.717, 1.165) is 13.0 Å². The Kier molecular flexibility index (Phi) is 6.51. The number of hydrogen-bond donors (Lipinski definition) is 1. The average molecular weight is 312 g/mol. The molecule has 0 saturated carbocycles. The number of carbonyl (C=O) groups is 1. The Bertz CT molecular complexity index is 643. The molecule has 4 heteroatoms. The summed E-state index contributed by atoms with van der Waals surface area (Å²) in [4.78, 5) is 14.1. The summed E-state index contributed by atoms with van der Waals surface area (Å²) < 4.78 is 13.6. The summed E-state index contributed by atoms with van der Waals surface area (Å²) in [6.07, 6.45) is 2.61. The quantitative estimate of drug-likeness (QED) is 0.757. The van der Waals surface area contributed by atoms with Crippen LogP contribution < -0.4 is 5.32 Å². The second kappa shape index (κ2) is 8.86. The fourth-order valence-corrected chi connectivity index (χ4v) is 2.30. The second-order valence-electron chi connectivity index (χ2n) is 5.29. The van der Waals surface area contributed by atoms with Gasteiger partial charge in [-0.25, -0.2) is 4.39 Å². The molecule has 0 saturated heterocycles. The first-order valence-corrected chi connectivity index (χ1v) is 7.60. The highest BCUT2D eigenvalue weighted by atomic mass is 19.1. The maximum Gasteiger partial charge on any atom is 0.238 e. The van der Waals surface area contributed by atoms with Gasteiger partial charge in [-0.05, 0) is 24.1 Å². The Morgan fingerprint density at radius 3 is 2.52 bits per heavy atom. The van der Waals surface area contributed by atoms with Gasteiger partial charge in [-0.2, -0.15) is 0 Å². The van der Waals surface area contributed by atoms with Gasteiger partial charge in [-0.15, -0.1) is 6.58 Å². The van der Waals surface area contributed by atoms with Crippen LogP contribution in [0.1, 0.15) is 5.56 Å². The van der Waals surface area contributed by atoms with Crippen LogP contribution in [0.15, 0.2) is 67.3 Å². The third-order valence-corrected chi connectivity index (χ3v) is 3.46. The molecule has 0 unspecified atom stereocenters. The molecule has 0 aliphatic heterocycles. The van der Waals surface area contributed by atoms with Crippen LogP contribution in [0.25, 0.3) is 0 Å². The lowest BCUT2D eigenvalue weighted by Crippen LogP contribution is -2.35. The number of nitrogens with zero attached hydrogens (tertiary/aromatic N) is 1. The molecular formula is C19H21FN2O. The zero-order valence-electron chi connectivity index (χ0n) is 13.0. The van der Waals surface area contributed by atoms with Crippen molar-refractivity contribution in [3.63, 3.8) is 0 Å². The van der Waals surface area contributed by atoms with Crippen molar-refractivity contribution in [2.75, 3.05) is 25.0 Å². The van der Waals surface area contributed by atoms with E-state index in [9.17, 15) is 9.18 Å². The first kappa shape index (κ1) is 16.9. The van der Waals surface area contributed by atoms with Crippen LogP contribution in [0.4, 0.5) is 10.1 Å². The fraction of sp³-hybridized carbons (Fsp3) is 0.211. The predicted octanol–water partition coefficient (Wildman–Crippen LogP) is 3.49. The van der Waals surface area contributed by atoms with Gasteiger partial charge in [0, 0.05) is 13.1 Å². The molecule has 23 heavy (non-hydrogen) atoms. The largest absolute Gasteiger partial charge is 0.322 e. The van der Waals surface area contributed by atoms with E-state index in [-0.39, 0.29) is 18.1 Å². The zero-order chi connectivity index (χ0) is 16.5. The van der Waals surface area contributed by atoms with Gasteiger partial charge in [0.15, 0.2) is 0 Å². The molecule has 3 nitrogen and oxygen atoms in total. The van der Waals surface area contributed by atoms with Gasteiger partial charge >= 0.3 is 0 Å². The van der Waals surface area contributed by atoms with E-state index in [1.807, 2.05) is 23.1 Å². The Balaban J connectivity index is 1.89. The molecule has 0 spiro atoms. The number of carbonyl (C=O) groups excluding carboxylic acids is 1. The maximum absolute atomic E-state index is 13.6. The van der Waals surface area contributed by atoms with Gasteiger partial charge < -0.3 is 5.32 Å². The van der Waals surface area contributed by atoms with Crippen molar-refractivity contribution in [2.45, 2.75) is 6.42 Å². The minimum absolute atomic E-state index is 0.202. The minimum Gasteiger partial charge on any atom is -0.322 e. The molecule has 1 amide bonds. The molecule has 0 radical (unpaired) electrons. The van der Waals surface area contributed by atoms with Crippen LogP contribution in [0, 0.1) is 5.82 Å². The predicted molar refractivity (Wildman–Crippen MR) is 91.8 cm³/mol. The average Bonchev–Trinajstić information content (AvgIpc) is 2.56. The smallest absolute Gasteiger partial charge is 0.238 e. The van der Waals surface area contributed by atoms with Gasteiger partial charge in [0.05, 0.1) is 12.2 Å². The normalized spacial score (nSPS) is 10.5. The van der Waals surface area contributed by atoms with Crippen LogP contribution in [-0.2, 0) is 11.2 Å². The van der Waals surface area contributed by atoms with E-state index in [2.05, 4.69) is 24.0 Å². The summed E-state index contributed by atoms with van der Waals surface area (Å²) in [5.74, 6) is -0.662. The lowest BCUT2D eigenvalue weighted by molar-refractivity contribution is -0.117. The molecule has 0 aromatic heterocycles. The van der Waals surface area contributed by atoms with Crippen molar-refractivity contribution in [1.82, 2.24) is 4.90 Å². The minimum atomic E-state index is -0.430. The first-order valence-electron chi connectivity index (χ1n) is 7.60. The topological polar surface area (TPSA) is 32.3 Å². The van der Waals surface area contributed by atoms with Gasteiger partial charge in [-0.1, -0.05) is 48.5 Å². The van der Waals surface area contributed by atoms with Crippen LogP contribution >= 0.6 is 0 Å². The molecule has 120 valence electrons. The monoisotopic (exact) mass is 312 g/mol. The number of amides is 1. The fourth-order valence-electron chi connectivity index (χ4n) is 2.30. The van der Waals surface area contributed by atoms with Crippen molar-refractivity contribution >= 4 is 11.6 Å². The molecule has 0 fully saturated rings. The maximum atomic E-state index is 13.6. The Labute approximate surface area is 136 Å². The van der Waals surface area contributed by atoms with Crippen molar-refractivity contribution in [3.05, 3.63) is 78.6 Å². The van der Waals surface area contributed by atoms with E-state index in [1.54, 1.807) is 24.3 Å². The summed E-state index contributed by atoms with van der Waals surface area (Å²) >= 11 is 0. The Morgan fingerprint density at radius 2 is 1.83 bits per heavy atom. The zero-order valence-corrected chi connectivity index (χ0v) is 13.0. The highest BCUT2D eigenvalue weighted by Crippen LogP contribution is 2.12. The SMILES string of the molecule is C=CCN(CCc1ccccc1)CC(=O)Nc1ccccc1F. The van der Waals surface area contributed by atoms with E-state index in [4.69, 9.17) is 0 Å². The number of halogens is 1. The number of benzene rings is 2. The van der Waals surface area contributed by atoms with E-state index in [1.165, 1.54) is 11.6 Å². The Hall–Kier alpha value is -2.46. The van der Waals surface area contributed by atoms with E-state index in [0.29, 0.717) is 6.54 Å². The molecule has 1 N–H and O–H groups in total. The molecular weight excluding hydrogens is 291 g/mol. The molecule has 0 aliphatic rings. The number of nitrogens with one attached hydrogen (secondary N) is 1. The Morgan fingerprint density at radius 1 is 1.13 bits per heavy atom. The van der Waals surface area contributed by atoms with E-state index >= 15 is 0 Å². The van der Waals surface area contributed by atoms with Crippen molar-refractivity contribution in [3.8, 4) is 0 Å². The van der Waals surface area contributed by atoms with Gasteiger partial charge in [-0.3, -0.25) is 9.69 Å². The van der Waals surface area contributed by atoms with Crippen LogP contribution in [-0.4, -0.2) is 30.4 Å².